The second-order valence-corrected chi connectivity index (χ2v) is 4.68. The average Bonchev–Trinajstić information content (AvgIpc) is 2.38. The number of nitrogens with two attached hydrogens (primary N) is 1. The normalized spacial score (nSPS) is 13.9. The van der Waals surface area contributed by atoms with Crippen LogP contribution in [0.5, 0.6) is 17.2 Å². The summed E-state index contributed by atoms with van der Waals surface area (Å²) in [6.45, 7) is 0. The van der Waals surface area contributed by atoms with Gasteiger partial charge in [-0.25, -0.2) is 0 Å². The molecule has 0 saturated carbocycles. The van der Waals surface area contributed by atoms with Crippen molar-refractivity contribution in [1.82, 2.24) is 0 Å². The topological polar surface area (TPSA) is 107 Å². The number of aliphatic hydroxyl groups excluding tert-OH is 1. The van der Waals surface area contributed by atoms with Crippen molar-refractivity contribution >= 4 is 0 Å². The molecule has 0 aliphatic carbocycles. The van der Waals surface area contributed by atoms with Gasteiger partial charge in [0, 0.05) is 18.6 Å². The van der Waals surface area contributed by atoms with Crippen molar-refractivity contribution in [2.45, 2.75) is 18.6 Å². The van der Waals surface area contributed by atoms with Crippen molar-refractivity contribution in [1.29, 1.82) is 0 Å². The highest BCUT2D eigenvalue weighted by atomic mass is 16.3. The van der Waals surface area contributed by atoms with E-state index >= 15 is 0 Å². The van der Waals surface area contributed by atoms with E-state index in [1.165, 1.54) is 0 Å². The molecule has 0 spiro atoms. The Morgan fingerprint density at radius 2 is 1.50 bits per heavy atom. The fourth-order valence-electron chi connectivity index (χ4n) is 2.12. The quantitative estimate of drug-likeness (QED) is 0.580. The van der Waals surface area contributed by atoms with Gasteiger partial charge < -0.3 is 26.2 Å². The molecule has 0 saturated heterocycles. The van der Waals surface area contributed by atoms with Crippen LogP contribution in [0.4, 0.5) is 0 Å². The minimum atomic E-state index is -0.973. The first-order valence-corrected chi connectivity index (χ1v) is 6.21. The summed E-state index contributed by atoms with van der Waals surface area (Å²) in [6, 6.07) is 10.5. The molecule has 2 aromatic carbocycles. The lowest BCUT2D eigenvalue weighted by molar-refractivity contribution is 0.142. The Hall–Kier alpha value is -2.24. The molecule has 0 radical (unpaired) electrons. The second-order valence-electron chi connectivity index (χ2n) is 4.68. The van der Waals surface area contributed by atoms with E-state index in [2.05, 4.69) is 0 Å². The zero-order valence-corrected chi connectivity index (χ0v) is 10.8. The van der Waals surface area contributed by atoms with Gasteiger partial charge in [-0.2, -0.15) is 0 Å². The van der Waals surface area contributed by atoms with Crippen LogP contribution >= 0.6 is 0 Å². The molecule has 6 N–H and O–H groups in total. The summed E-state index contributed by atoms with van der Waals surface area (Å²) in [4.78, 5) is 0. The number of rotatable bonds is 4. The third-order valence-corrected chi connectivity index (χ3v) is 3.16. The Morgan fingerprint density at radius 1 is 0.950 bits per heavy atom. The van der Waals surface area contributed by atoms with Crippen molar-refractivity contribution in [3.8, 4) is 17.2 Å². The zero-order valence-electron chi connectivity index (χ0n) is 10.8. The van der Waals surface area contributed by atoms with E-state index in [1.54, 1.807) is 0 Å². The fourth-order valence-corrected chi connectivity index (χ4v) is 2.12. The van der Waals surface area contributed by atoms with Crippen LogP contribution in [-0.4, -0.2) is 26.5 Å². The van der Waals surface area contributed by atoms with Crippen molar-refractivity contribution in [3.63, 3.8) is 0 Å². The number of phenolic OH excluding ortho intramolecular Hbond substituents is 3. The Bertz CT molecular complexity index is 563. The van der Waals surface area contributed by atoms with Crippen LogP contribution in [0.1, 0.15) is 17.2 Å². The highest BCUT2D eigenvalue weighted by molar-refractivity contribution is 5.50. The molecule has 0 amide bonds. The molecule has 0 aromatic heterocycles. The van der Waals surface area contributed by atoms with Gasteiger partial charge >= 0.3 is 0 Å². The maximum absolute atomic E-state index is 10.1. The summed E-state index contributed by atoms with van der Waals surface area (Å²) in [6.07, 6.45) is -0.680. The number of hydrogen-bond acceptors (Lipinski definition) is 5. The van der Waals surface area contributed by atoms with Crippen LogP contribution in [0.2, 0.25) is 0 Å². The summed E-state index contributed by atoms with van der Waals surface area (Å²) >= 11 is 0. The number of aromatic hydroxyl groups is 3. The molecule has 0 heterocycles. The van der Waals surface area contributed by atoms with Crippen molar-refractivity contribution in [2.75, 3.05) is 0 Å². The lowest BCUT2D eigenvalue weighted by Crippen LogP contribution is -2.28. The maximum atomic E-state index is 10.1. The number of hydrogen-bond donors (Lipinski definition) is 5. The minimum absolute atomic E-state index is 0.0197. The highest BCUT2D eigenvalue weighted by Crippen LogP contribution is 2.37. The SMILES string of the molecule is N[C@H](c1c(O)cc(O)cc1O)[C@@H](O)Cc1ccccc1. The van der Waals surface area contributed by atoms with E-state index in [0.29, 0.717) is 6.42 Å². The molecule has 0 unspecified atom stereocenters. The van der Waals surface area contributed by atoms with Gasteiger partial charge in [0.2, 0.25) is 0 Å². The van der Waals surface area contributed by atoms with Crippen LogP contribution in [0, 0.1) is 0 Å². The lowest BCUT2D eigenvalue weighted by atomic mass is 9.95. The fraction of sp³-hybridized carbons (Fsp3) is 0.200. The van der Waals surface area contributed by atoms with Crippen LogP contribution < -0.4 is 5.73 Å². The molecule has 0 aliphatic rings. The first-order chi connectivity index (χ1) is 9.49. The van der Waals surface area contributed by atoms with Gasteiger partial charge in [0.15, 0.2) is 0 Å². The molecule has 2 rings (SSSR count). The molecule has 5 nitrogen and oxygen atoms in total. The van der Waals surface area contributed by atoms with E-state index in [1.807, 2.05) is 30.3 Å². The lowest BCUT2D eigenvalue weighted by Gasteiger charge is -2.21. The minimum Gasteiger partial charge on any atom is -0.508 e. The molecule has 5 heteroatoms. The van der Waals surface area contributed by atoms with Gasteiger partial charge in [-0.15, -0.1) is 0 Å². The molecule has 2 aromatic rings. The molecule has 2 atom stereocenters. The number of phenols is 3. The molecule has 20 heavy (non-hydrogen) atoms. The summed E-state index contributed by atoms with van der Waals surface area (Å²) in [5, 5.41) is 38.9. The molecule has 0 fully saturated rings. The highest BCUT2D eigenvalue weighted by Gasteiger charge is 2.24. The Balaban J connectivity index is 2.21. The van der Waals surface area contributed by atoms with Crippen LogP contribution in [0.25, 0.3) is 0 Å². The second kappa shape index (κ2) is 5.81. The van der Waals surface area contributed by atoms with E-state index in [-0.39, 0.29) is 22.8 Å². The summed E-state index contributed by atoms with van der Waals surface area (Å²) in [7, 11) is 0. The zero-order chi connectivity index (χ0) is 14.7. The third kappa shape index (κ3) is 3.01. The van der Waals surface area contributed by atoms with E-state index < -0.39 is 12.1 Å². The van der Waals surface area contributed by atoms with Crippen molar-refractivity contribution in [3.05, 3.63) is 53.6 Å². The smallest absolute Gasteiger partial charge is 0.127 e. The molecule has 0 bridgehead atoms. The largest absolute Gasteiger partial charge is 0.508 e. The monoisotopic (exact) mass is 275 g/mol. The van der Waals surface area contributed by atoms with Crippen LogP contribution in [0.15, 0.2) is 42.5 Å². The predicted octanol–water partition coefficient (Wildman–Crippen LogP) is 1.41. The molecular formula is C15H17NO4. The number of aliphatic hydroxyl groups is 1. The van der Waals surface area contributed by atoms with Gasteiger partial charge in [0.25, 0.3) is 0 Å². The first kappa shape index (κ1) is 14.2. The number of benzene rings is 2. The Labute approximate surface area is 116 Å². The van der Waals surface area contributed by atoms with Crippen molar-refractivity contribution in [2.24, 2.45) is 5.73 Å². The Morgan fingerprint density at radius 3 is 2.05 bits per heavy atom. The molecule has 0 aliphatic heterocycles. The van der Waals surface area contributed by atoms with Gasteiger partial charge in [0.05, 0.1) is 17.7 Å². The average molecular weight is 275 g/mol. The predicted molar refractivity (Wildman–Crippen MR) is 74.5 cm³/mol. The molecular weight excluding hydrogens is 258 g/mol. The van der Waals surface area contributed by atoms with E-state index in [4.69, 9.17) is 5.73 Å². The summed E-state index contributed by atoms with van der Waals surface area (Å²) in [5.41, 5.74) is 6.80. The van der Waals surface area contributed by atoms with Crippen molar-refractivity contribution < 1.29 is 20.4 Å². The molecule has 106 valence electrons. The first-order valence-electron chi connectivity index (χ1n) is 6.21. The standard InChI is InChI=1S/C15H17NO4/c16-15(13(20)6-9-4-2-1-3-5-9)14-11(18)7-10(17)8-12(14)19/h1-5,7-8,13,15,17-20H,6,16H2/t13-,15-/m0/s1. The van der Waals surface area contributed by atoms with Gasteiger partial charge in [-0.05, 0) is 5.56 Å². The van der Waals surface area contributed by atoms with Crippen LogP contribution in [0.3, 0.4) is 0 Å². The Kier molecular flexibility index (Phi) is 4.12. The maximum Gasteiger partial charge on any atom is 0.127 e. The van der Waals surface area contributed by atoms with E-state index in [9.17, 15) is 20.4 Å². The summed E-state index contributed by atoms with van der Waals surface area (Å²) in [5.74, 6) is -0.960. The van der Waals surface area contributed by atoms with Gasteiger partial charge in [-0.1, -0.05) is 30.3 Å². The van der Waals surface area contributed by atoms with E-state index in [0.717, 1.165) is 17.7 Å². The summed E-state index contributed by atoms with van der Waals surface area (Å²) < 4.78 is 0. The van der Waals surface area contributed by atoms with Crippen LogP contribution in [-0.2, 0) is 6.42 Å². The third-order valence-electron chi connectivity index (χ3n) is 3.16. The van der Waals surface area contributed by atoms with Gasteiger partial charge in [0.1, 0.15) is 17.2 Å². The van der Waals surface area contributed by atoms with Gasteiger partial charge in [-0.3, -0.25) is 0 Å².